The van der Waals surface area contributed by atoms with E-state index in [2.05, 4.69) is 5.32 Å². The number of hydrogen-bond donors (Lipinski definition) is 2. The van der Waals surface area contributed by atoms with Crippen molar-refractivity contribution >= 4 is 23.9 Å². The quantitative estimate of drug-likeness (QED) is 0.603. The number of carbonyl (C=O) groups is 4. The summed E-state index contributed by atoms with van der Waals surface area (Å²) in [5.74, 6) is -1.49. The Morgan fingerprint density at radius 2 is 1.84 bits per heavy atom. The molecule has 1 aliphatic heterocycles. The van der Waals surface area contributed by atoms with Crippen LogP contribution in [0.25, 0.3) is 0 Å². The van der Waals surface area contributed by atoms with E-state index in [0.717, 1.165) is 5.56 Å². The molecule has 0 radical (unpaired) electrons. The molecule has 0 saturated carbocycles. The van der Waals surface area contributed by atoms with E-state index in [1.54, 1.807) is 20.8 Å². The van der Waals surface area contributed by atoms with Gasteiger partial charge in [0.05, 0.1) is 12.5 Å². The van der Waals surface area contributed by atoms with Crippen LogP contribution in [-0.2, 0) is 30.5 Å². The molecule has 0 aliphatic carbocycles. The minimum Gasteiger partial charge on any atom is -0.461 e. The number of likely N-dealkylation sites (tertiary alicyclic amines) is 1. The fourth-order valence-electron chi connectivity index (χ4n) is 3.34. The summed E-state index contributed by atoms with van der Waals surface area (Å²) in [6.45, 7) is 5.63. The summed E-state index contributed by atoms with van der Waals surface area (Å²) in [7, 11) is 0. The average molecular weight is 434 g/mol. The molecule has 1 aromatic rings. The topological polar surface area (TPSA) is 128 Å². The third-order valence-electron chi connectivity index (χ3n) is 4.70. The van der Waals surface area contributed by atoms with E-state index in [0.29, 0.717) is 19.4 Å². The van der Waals surface area contributed by atoms with E-state index in [-0.39, 0.29) is 25.4 Å². The van der Waals surface area contributed by atoms with Crippen molar-refractivity contribution < 1.29 is 28.7 Å². The van der Waals surface area contributed by atoms with Crippen molar-refractivity contribution in [3.63, 3.8) is 0 Å². The third-order valence-corrected chi connectivity index (χ3v) is 4.70. The van der Waals surface area contributed by atoms with Crippen molar-refractivity contribution in [2.45, 2.75) is 70.7 Å². The van der Waals surface area contributed by atoms with Crippen molar-refractivity contribution in [1.29, 1.82) is 0 Å². The smallest absolute Gasteiger partial charge is 0.407 e. The predicted molar refractivity (Wildman–Crippen MR) is 113 cm³/mol. The molecule has 9 nitrogen and oxygen atoms in total. The van der Waals surface area contributed by atoms with Crippen LogP contribution in [0, 0.1) is 0 Å². The highest BCUT2D eigenvalue weighted by atomic mass is 16.6. The van der Waals surface area contributed by atoms with Gasteiger partial charge in [-0.25, -0.2) is 4.79 Å². The zero-order valence-corrected chi connectivity index (χ0v) is 18.3. The first-order valence-electron chi connectivity index (χ1n) is 10.3. The second kappa shape index (κ2) is 10.8. The maximum absolute atomic E-state index is 12.8. The number of benzene rings is 1. The summed E-state index contributed by atoms with van der Waals surface area (Å²) in [6.07, 6.45) is 0.0394. The highest BCUT2D eigenvalue weighted by Gasteiger charge is 2.34. The number of ether oxygens (including phenoxy) is 2. The van der Waals surface area contributed by atoms with Gasteiger partial charge in [0.25, 0.3) is 0 Å². The second-order valence-electron chi connectivity index (χ2n) is 8.55. The molecule has 2 unspecified atom stereocenters. The maximum atomic E-state index is 12.8. The van der Waals surface area contributed by atoms with Gasteiger partial charge in [0.15, 0.2) is 0 Å². The number of carbonyl (C=O) groups excluding carboxylic acids is 4. The second-order valence-corrected chi connectivity index (χ2v) is 8.55. The van der Waals surface area contributed by atoms with Crippen LogP contribution in [0.4, 0.5) is 4.79 Å². The first-order valence-corrected chi connectivity index (χ1v) is 10.3. The fourth-order valence-corrected chi connectivity index (χ4v) is 3.34. The van der Waals surface area contributed by atoms with E-state index in [9.17, 15) is 19.2 Å². The van der Waals surface area contributed by atoms with Crippen LogP contribution in [-0.4, -0.2) is 53.0 Å². The van der Waals surface area contributed by atoms with Gasteiger partial charge < -0.3 is 25.4 Å². The molecule has 0 spiro atoms. The van der Waals surface area contributed by atoms with E-state index in [1.807, 2.05) is 30.3 Å². The van der Waals surface area contributed by atoms with Crippen LogP contribution in [0.3, 0.4) is 0 Å². The Kier molecular flexibility index (Phi) is 8.41. The van der Waals surface area contributed by atoms with E-state index < -0.39 is 35.7 Å². The lowest BCUT2D eigenvalue weighted by atomic mass is 10.1. The summed E-state index contributed by atoms with van der Waals surface area (Å²) in [4.78, 5) is 50.4. The Balaban J connectivity index is 2.01. The van der Waals surface area contributed by atoms with Gasteiger partial charge in [-0.1, -0.05) is 30.3 Å². The summed E-state index contributed by atoms with van der Waals surface area (Å²) < 4.78 is 10.5. The van der Waals surface area contributed by atoms with Crippen molar-refractivity contribution in [2.24, 2.45) is 5.73 Å². The van der Waals surface area contributed by atoms with Crippen LogP contribution < -0.4 is 11.1 Å². The van der Waals surface area contributed by atoms with Crippen molar-refractivity contribution in [3.05, 3.63) is 35.9 Å². The zero-order chi connectivity index (χ0) is 23.0. The van der Waals surface area contributed by atoms with Crippen LogP contribution in [0.5, 0.6) is 0 Å². The van der Waals surface area contributed by atoms with Crippen LogP contribution >= 0.6 is 0 Å². The van der Waals surface area contributed by atoms with Crippen molar-refractivity contribution in [3.8, 4) is 0 Å². The minimum atomic E-state index is -0.847. The van der Waals surface area contributed by atoms with Gasteiger partial charge in [-0.3, -0.25) is 14.4 Å². The van der Waals surface area contributed by atoms with Gasteiger partial charge in [-0.15, -0.1) is 0 Å². The molecule has 2 atom stereocenters. The monoisotopic (exact) mass is 433 g/mol. The molecule has 3 N–H and O–H groups in total. The maximum Gasteiger partial charge on any atom is 0.407 e. The molecular formula is C22H31N3O6. The number of nitrogens with two attached hydrogens (primary N) is 1. The molecule has 170 valence electrons. The number of rotatable bonds is 8. The molecule has 3 amide bonds. The van der Waals surface area contributed by atoms with E-state index >= 15 is 0 Å². The number of amides is 3. The van der Waals surface area contributed by atoms with E-state index in [4.69, 9.17) is 15.2 Å². The fraction of sp³-hybridized carbons (Fsp3) is 0.545. The van der Waals surface area contributed by atoms with Crippen LogP contribution in [0.1, 0.15) is 52.0 Å². The van der Waals surface area contributed by atoms with Gasteiger partial charge in [0.2, 0.25) is 11.8 Å². The highest BCUT2D eigenvalue weighted by Crippen LogP contribution is 2.19. The zero-order valence-electron chi connectivity index (χ0n) is 18.3. The predicted octanol–water partition coefficient (Wildman–Crippen LogP) is 1.88. The Morgan fingerprint density at radius 1 is 1.16 bits per heavy atom. The summed E-state index contributed by atoms with van der Waals surface area (Å²) >= 11 is 0. The molecule has 0 bridgehead atoms. The number of esters is 1. The standard InChI is InChI=1S/C22H31N3O6/c1-22(2,3)31-21(29)24-16(12-18(26)25-11-7-10-17(25)20(23)28)13-19(27)30-14-15-8-5-4-6-9-15/h4-6,8-9,16-17H,7,10-14H2,1-3H3,(H2,23,28)(H,24,29). The first kappa shape index (κ1) is 24.2. The van der Waals surface area contributed by atoms with Crippen LogP contribution in [0.15, 0.2) is 30.3 Å². The normalized spacial score (nSPS) is 17.0. The molecule has 9 heteroatoms. The lowest BCUT2D eigenvalue weighted by Gasteiger charge is -2.26. The number of alkyl carbamates (subject to hydrolysis) is 1. The molecule has 31 heavy (non-hydrogen) atoms. The number of nitrogens with one attached hydrogen (secondary N) is 1. The summed E-state index contributed by atoms with van der Waals surface area (Å²) in [5, 5.41) is 2.58. The number of hydrogen-bond acceptors (Lipinski definition) is 6. The van der Waals surface area contributed by atoms with Crippen molar-refractivity contribution in [2.75, 3.05) is 6.54 Å². The Labute approximate surface area is 182 Å². The third kappa shape index (κ3) is 8.27. The Hall–Kier alpha value is -3.10. The molecular weight excluding hydrogens is 402 g/mol. The largest absolute Gasteiger partial charge is 0.461 e. The van der Waals surface area contributed by atoms with Gasteiger partial charge in [0, 0.05) is 13.0 Å². The molecule has 2 rings (SSSR count). The molecule has 1 aliphatic rings. The SMILES string of the molecule is CC(C)(C)OC(=O)NC(CC(=O)OCc1ccccc1)CC(=O)N1CCCC1C(N)=O. The van der Waals surface area contributed by atoms with Gasteiger partial charge >= 0.3 is 12.1 Å². The number of nitrogens with zero attached hydrogens (tertiary/aromatic N) is 1. The van der Waals surface area contributed by atoms with Gasteiger partial charge in [-0.05, 0) is 39.2 Å². The Bertz CT molecular complexity index is 790. The molecule has 1 aromatic carbocycles. The molecule has 1 fully saturated rings. The highest BCUT2D eigenvalue weighted by molar-refractivity contribution is 5.88. The Morgan fingerprint density at radius 3 is 2.45 bits per heavy atom. The lowest BCUT2D eigenvalue weighted by molar-refractivity contribution is -0.146. The van der Waals surface area contributed by atoms with Gasteiger partial charge in [0.1, 0.15) is 18.2 Å². The van der Waals surface area contributed by atoms with Crippen molar-refractivity contribution in [1.82, 2.24) is 10.2 Å². The minimum absolute atomic E-state index is 0.0860. The summed E-state index contributed by atoms with van der Waals surface area (Å²) in [6, 6.07) is 7.66. The first-order chi connectivity index (χ1) is 14.5. The van der Waals surface area contributed by atoms with Crippen LogP contribution in [0.2, 0.25) is 0 Å². The number of primary amides is 1. The molecule has 1 saturated heterocycles. The summed E-state index contributed by atoms with van der Waals surface area (Å²) in [5.41, 5.74) is 5.47. The van der Waals surface area contributed by atoms with E-state index in [1.165, 1.54) is 4.90 Å². The molecule has 0 aromatic heterocycles. The average Bonchev–Trinajstić information content (AvgIpc) is 3.16. The lowest BCUT2D eigenvalue weighted by Crippen LogP contribution is -2.47. The van der Waals surface area contributed by atoms with Gasteiger partial charge in [-0.2, -0.15) is 0 Å². The molecule has 1 heterocycles.